The van der Waals surface area contributed by atoms with Crippen molar-refractivity contribution < 1.29 is 14.3 Å². The van der Waals surface area contributed by atoms with Crippen molar-refractivity contribution in [1.82, 2.24) is 0 Å². The van der Waals surface area contributed by atoms with Crippen LogP contribution in [0.5, 0.6) is 0 Å². The molecule has 14 heavy (non-hydrogen) atoms. The minimum absolute atomic E-state index is 0.148. The zero-order chi connectivity index (χ0) is 10.1. The smallest absolute Gasteiger partial charge is 0.313 e. The largest absolute Gasteiger partial charge is 0.469 e. The van der Waals surface area contributed by atoms with E-state index in [1.165, 1.54) is 18.4 Å². The fourth-order valence-electron chi connectivity index (χ4n) is 1.75. The summed E-state index contributed by atoms with van der Waals surface area (Å²) in [5.74, 6) is -0.328. The Morgan fingerprint density at radius 1 is 1.64 bits per heavy atom. The van der Waals surface area contributed by atoms with Gasteiger partial charge in [-0.25, -0.2) is 0 Å². The van der Waals surface area contributed by atoms with Crippen molar-refractivity contribution in [1.29, 1.82) is 0 Å². The lowest BCUT2D eigenvalue weighted by Gasteiger charge is -2.18. The molecule has 0 fully saturated rings. The summed E-state index contributed by atoms with van der Waals surface area (Å²) in [5, 5.41) is 1.85. The molecule has 0 spiro atoms. The number of carbonyl (C=O) groups is 2. The normalized spacial score (nSPS) is 20.4. The van der Waals surface area contributed by atoms with E-state index in [1.54, 1.807) is 0 Å². The second kappa shape index (κ2) is 3.53. The van der Waals surface area contributed by atoms with Gasteiger partial charge in [-0.1, -0.05) is 0 Å². The second-order valence-electron chi connectivity index (χ2n) is 3.24. The summed E-state index contributed by atoms with van der Waals surface area (Å²) < 4.78 is 4.71. The highest BCUT2D eigenvalue weighted by atomic mass is 32.1. The van der Waals surface area contributed by atoms with Crippen LogP contribution in [-0.2, 0) is 9.53 Å². The molecule has 0 bridgehead atoms. The second-order valence-corrected chi connectivity index (χ2v) is 4.16. The molecular formula is C10H10O3S. The van der Waals surface area contributed by atoms with Gasteiger partial charge in [-0.2, -0.15) is 0 Å². The molecule has 2 rings (SSSR count). The first-order valence-corrected chi connectivity index (χ1v) is 5.30. The van der Waals surface area contributed by atoms with Gasteiger partial charge in [0.25, 0.3) is 0 Å². The quantitative estimate of drug-likeness (QED) is 0.666. The molecule has 0 aromatic carbocycles. The molecule has 74 valence electrons. The van der Waals surface area contributed by atoms with Gasteiger partial charge in [-0.15, -0.1) is 11.3 Å². The molecule has 1 aromatic rings. The number of esters is 1. The molecule has 1 heterocycles. The molecule has 0 amide bonds. The van der Waals surface area contributed by atoms with Gasteiger partial charge >= 0.3 is 5.97 Å². The first-order chi connectivity index (χ1) is 6.74. The molecule has 0 saturated carbocycles. The van der Waals surface area contributed by atoms with E-state index in [2.05, 4.69) is 0 Å². The van der Waals surface area contributed by atoms with Crippen LogP contribution in [0.2, 0.25) is 0 Å². The number of fused-ring (bicyclic) bond motifs is 1. The maximum atomic E-state index is 11.5. The molecule has 3 nitrogen and oxygen atoms in total. The Balaban J connectivity index is 2.38. The molecule has 1 aromatic heterocycles. The number of Topliss-reactive ketones (excluding diaryl/α,β-unsaturated/α-hetero) is 1. The number of rotatable bonds is 1. The third-order valence-electron chi connectivity index (χ3n) is 2.47. The maximum absolute atomic E-state index is 11.5. The summed E-state index contributed by atoms with van der Waals surface area (Å²) in [5.41, 5.74) is 0.845. The zero-order valence-corrected chi connectivity index (χ0v) is 8.60. The van der Waals surface area contributed by atoms with Gasteiger partial charge in [-0.05, 0) is 23.4 Å². The number of ether oxygens (including phenoxy) is 1. The van der Waals surface area contributed by atoms with E-state index >= 15 is 0 Å². The van der Waals surface area contributed by atoms with Crippen molar-refractivity contribution in [3.05, 3.63) is 21.9 Å². The molecule has 4 heteroatoms. The molecule has 0 radical (unpaired) electrons. The van der Waals surface area contributed by atoms with Gasteiger partial charge in [0, 0.05) is 6.42 Å². The average Bonchev–Trinajstić information content (AvgIpc) is 2.67. The van der Waals surface area contributed by atoms with Crippen LogP contribution in [0.15, 0.2) is 11.4 Å². The van der Waals surface area contributed by atoms with Crippen molar-refractivity contribution in [3.63, 3.8) is 0 Å². The van der Waals surface area contributed by atoms with E-state index in [4.69, 9.17) is 4.74 Å². The molecule has 1 aliphatic carbocycles. The Bertz CT molecular complexity index is 380. The van der Waals surface area contributed by atoms with Crippen molar-refractivity contribution >= 4 is 23.1 Å². The number of ketones is 1. The van der Waals surface area contributed by atoms with E-state index in [-0.39, 0.29) is 17.7 Å². The highest BCUT2D eigenvalue weighted by Gasteiger charge is 2.31. The van der Waals surface area contributed by atoms with Crippen LogP contribution in [0.25, 0.3) is 0 Å². The first kappa shape index (κ1) is 9.40. The summed E-state index contributed by atoms with van der Waals surface area (Å²) >= 11 is 1.41. The third-order valence-corrected chi connectivity index (χ3v) is 3.44. The number of hydrogen-bond donors (Lipinski definition) is 0. The van der Waals surface area contributed by atoms with Crippen molar-refractivity contribution in [3.8, 4) is 0 Å². The standard InChI is InChI=1S/C10H10O3S/c1-13-10(12)7-2-3-8(11)9-6(7)4-5-14-9/h4-5,7H,2-3H2,1H3. The highest BCUT2D eigenvalue weighted by Crippen LogP contribution is 2.35. The van der Waals surface area contributed by atoms with E-state index in [0.29, 0.717) is 12.8 Å². The minimum atomic E-state index is -0.239. The van der Waals surface area contributed by atoms with Crippen molar-refractivity contribution in [2.24, 2.45) is 0 Å². The predicted octanol–water partition coefficient (Wildman–Crippen LogP) is 1.98. The molecular weight excluding hydrogens is 200 g/mol. The van der Waals surface area contributed by atoms with Gasteiger partial charge in [0.15, 0.2) is 5.78 Å². The summed E-state index contributed by atoms with van der Waals surface area (Å²) in [4.78, 5) is 23.6. The Morgan fingerprint density at radius 2 is 2.43 bits per heavy atom. The summed E-state index contributed by atoms with van der Waals surface area (Å²) in [6.45, 7) is 0. The maximum Gasteiger partial charge on any atom is 0.313 e. The Kier molecular flexibility index (Phi) is 2.37. The highest BCUT2D eigenvalue weighted by molar-refractivity contribution is 7.12. The topological polar surface area (TPSA) is 43.4 Å². The summed E-state index contributed by atoms with van der Waals surface area (Å²) in [6.07, 6.45) is 1.03. The summed E-state index contributed by atoms with van der Waals surface area (Å²) in [7, 11) is 1.38. The monoisotopic (exact) mass is 210 g/mol. The molecule has 0 saturated heterocycles. The van der Waals surface area contributed by atoms with Crippen LogP contribution < -0.4 is 0 Å². The molecule has 0 aliphatic heterocycles. The number of thiophene rings is 1. The van der Waals surface area contributed by atoms with E-state index in [1.807, 2.05) is 11.4 Å². The van der Waals surface area contributed by atoms with E-state index < -0.39 is 0 Å². The third kappa shape index (κ3) is 1.35. The van der Waals surface area contributed by atoms with Gasteiger partial charge in [0.1, 0.15) is 0 Å². The van der Waals surface area contributed by atoms with E-state index in [9.17, 15) is 9.59 Å². The van der Waals surface area contributed by atoms with Gasteiger partial charge in [0.2, 0.25) is 0 Å². The lowest BCUT2D eigenvalue weighted by Crippen LogP contribution is -2.21. The number of carbonyl (C=O) groups excluding carboxylic acids is 2. The van der Waals surface area contributed by atoms with Crippen LogP contribution in [0, 0.1) is 0 Å². The van der Waals surface area contributed by atoms with Crippen LogP contribution in [0.1, 0.15) is 34.0 Å². The Morgan fingerprint density at radius 3 is 3.14 bits per heavy atom. The SMILES string of the molecule is COC(=O)C1CCC(=O)c2sccc21. The number of hydrogen-bond acceptors (Lipinski definition) is 4. The lowest BCUT2D eigenvalue weighted by molar-refractivity contribution is -0.142. The van der Waals surface area contributed by atoms with Gasteiger partial charge in [-0.3, -0.25) is 9.59 Å². The number of methoxy groups -OCH3 is 1. The van der Waals surface area contributed by atoms with E-state index in [0.717, 1.165) is 10.4 Å². The average molecular weight is 210 g/mol. The lowest BCUT2D eigenvalue weighted by atomic mass is 9.87. The van der Waals surface area contributed by atoms with Gasteiger partial charge < -0.3 is 4.74 Å². The predicted molar refractivity (Wildman–Crippen MR) is 52.6 cm³/mol. The van der Waals surface area contributed by atoms with Crippen LogP contribution in [0.3, 0.4) is 0 Å². The van der Waals surface area contributed by atoms with Crippen LogP contribution in [-0.4, -0.2) is 18.9 Å². The zero-order valence-electron chi connectivity index (χ0n) is 7.78. The van der Waals surface area contributed by atoms with Crippen LogP contribution >= 0.6 is 11.3 Å². The molecule has 0 N–H and O–H groups in total. The molecule has 1 unspecified atom stereocenters. The van der Waals surface area contributed by atoms with Crippen molar-refractivity contribution in [2.45, 2.75) is 18.8 Å². The minimum Gasteiger partial charge on any atom is -0.469 e. The summed E-state index contributed by atoms with van der Waals surface area (Å²) in [6, 6.07) is 1.85. The van der Waals surface area contributed by atoms with Gasteiger partial charge in [0.05, 0.1) is 17.9 Å². The molecule has 1 aliphatic rings. The Hall–Kier alpha value is -1.16. The van der Waals surface area contributed by atoms with Crippen LogP contribution in [0.4, 0.5) is 0 Å². The fraction of sp³-hybridized carbons (Fsp3) is 0.400. The van der Waals surface area contributed by atoms with Crippen molar-refractivity contribution in [2.75, 3.05) is 7.11 Å². The Labute approximate surface area is 85.7 Å². The fourth-order valence-corrected chi connectivity index (χ4v) is 2.68. The molecule has 1 atom stereocenters. The first-order valence-electron chi connectivity index (χ1n) is 4.42.